The quantitative estimate of drug-likeness (QED) is 0.750. The molecule has 1 aromatic rings. The molecular formula is C17H26N2O5S. The molecule has 0 bridgehead atoms. The summed E-state index contributed by atoms with van der Waals surface area (Å²) in [5.74, 6) is 0.296. The Morgan fingerprint density at radius 3 is 2.60 bits per heavy atom. The maximum Gasteiger partial charge on any atom is 0.243 e. The predicted molar refractivity (Wildman–Crippen MR) is 96.4 cm³/mol. The number of carbonyl (C=O) groups is 1. The first kappa shape index (κ1) is 19.5. The lowest BCUT2D eigenvalue weighted by atomic mass is 10.2. The Balaban J connectivity index is 2.11. The van der Waals surface area contributed by atoms with Crippen molar-refractivity contribution in [2.45, 2.75) is 38.8 Å². The average Bonchev–Trinajstić information content (AvgIpc) is 3.07. The molecule has 2 atom stereocenters. The number of nitrogens with one attached hydrogen (secondary N) is 1. The van der Waals surface area contributed by atoms with Gasteiger partial charge in [-0.2, -0.15) is 0 Å². The summed E-state index contributed by atoms with van der Waals surface area (Å²) in [5.41, 5.74) is 0.422. The third kappa shape index (κ3) is 5.34. The van der Waals surface area contributed by atoms with Gasteiger partial charge in [0, 0.05) is 13.2 Å². The summed E-state index contributed by atoms with van der Waals surface area (Å²) >= 11 is 0. The van der Waals surface area contributed by atoms with Crippen LogP contribution in [-0.2, 0) is 19.6 Å². The second-order valence-electron chi connectivity index (χ2n) is 6.04. The normalized spacial score (nSPS) is 18.6. The van der Waals surface area contributed by atoms with Crippen molar-refractivity contribution in [3.63, 3.8) is 0 Å². The Kier molecular flexibility index (Phi) is 6.66. The van der Waals surface area contributed by atoms with E-state index in [-0.39, 0.29) is 12.0 Å². The Morgan fingerprint density at radius 2 is 2.08 bits per heavy atom. The van der Waals surface area contributed by atoms with Crippen molar-refractivity contribution in [1.29, 1.82) is 0 Å². The highest BCUT2D eigenvalue weighted by Gasteiger charge is 2.29. The maximum atomic E-state index is 12.4. The molecule has 0 radical (unpaired) electrons. The second-order valence-corrected chi connectivity index (χ2v) is 7.90. The fraction of sp³-hybridized carbons (Fsp3) is 0.588. The molecule has 1 aliphatic heterocycles. The molecule has 140 valence electrons. The molecule has 1 aromatic carbocycles. The Labute approximate surface area is 149 Å². The maximum absolute atomic E-state index is 12.4. The average molecular weight is 370 g/mol. The van der Waals surface area contributed by atoms with E-state index in [9.17, 15) is 13.2 Å². The topological polar surface area (TPSA) is 84.9 Å². The van der Waals surface area contributed by atoms with Crippen LogP contribution >= 0.6 is 0 Å². The van der Waals surface area contributed by atoms with Crippen LogP contribution in [0.15, 0.2) is 24.3 Å². The summed E-state index contributed by atoms with van der Waals surface area (Å²) in [6.45, 7) is 5.07. The van der Waals surface area contributed by atoms with E-state index in [1.807, 2.05) is 6.92 Å². The first-order chi connectivity index (χ1) is 11.8. The van der Waals surface area contributed by atoms with Gasteiger partial charge in [-0.3, -0.25) is 9.10 Å². The Hall–Kier alpha value is -1.80. The van der Waals surface area contributed by atoms with Crippen molar-refractivity contribution in [3.05, 3.63) is 24.3 Å². The SMILES string of the molecule is CCOc1ccc(N([C@H](C)C(=O)NC[C@@H]2CCCO2)S(C)(=O)=O)cc1. The zero-order chi connectivity index (χ0) is 18.4. The molecule has 1 aliphatic rings. The minimum Gasteiger partial charge on any atom is -0.494 e. The summed E-state index contributed by atoms with van der Waals surface area (Å²) < 4.78 is 36.4. The van der Waals surface area contributed by atoms with Crippen LogP contribution in [0, 0.1) is 0 Å². The molecule has 1 saturated heterocycles. The number of hydrogen-bond donors (Lipinski definition) is 1. The van der Waals surface area contributed by atoms with E-state index in [2.05, 4.69) is 5.32 Å². The lowest BCUT2D eigenvalue weighted by Crippen LogP contribution is -2.49. The van der Waals surface area contributed by atoms with Gasteiger partial charge in [-0.05, 0) is 51.0 Å². The Bertz CT molecular complexity index is 669. The van der Waals surface area contributed by atoms with Crippen LogP contribution in [0.2, 0.25) is 0 Å². The smallest absolute Gasteiger partial charge is 0.243 e. The Morgan fingerprint density at radius 1 is 1.40 bits per heavy atom. The third-order valence-electron chi connectivity index (χ3n) is 4.02. The van der Waals surface area contributed by atoms with E-state index < -0.39 is 16.1 Å². The summed E-state index contributed by atoms with van der Waals surface area (Å²) in [4.78, 5) is 12.4. The number of hydrogen-bond acceptors (Lipinski definition) is 5. The zero-order valence-electron chi connectivity index (χ0n) is 14.9. The number of amides is 1. The number of benzene rings is 1. The van der Waals surface area contributed by atoms with Crippen LogP contribution in [0.4, 0.5) is 5.69 Å². The number of rotatable bonds is 8. The van der Waals surface area contributed by atoms with E-state index in [1.54, 1.807) is 31.2 Å². The molecule has 0 aliphatic carbocycles. The van der Waals surface area contributed by atoms with Gasteiger partial charge >= 0.3 is 0 Å². The molecular weight excluding hydrogens is 344 g/mol. The van der Waals surface area contributed by atoms with Crippen molar-refractivity contribution in [2.75, 3.05) is 30.3 Å². The molecule has 0 spiro atoms. The molecule has 25 heavy (non-hydrogen) atoms. The minimum atomic E-state index is -3.62. The van der Waals surface area contributed by atoms with E-state index >= 15 is 0 Å². The largest absolute Gasteiger partial charge is 0.494 e. The summed E-state index contributed by atoms with van der Waals surface area (Å²) in [7, 11) is -3.62. The number of sulfonamides is 1. The predicted octanol–water partition coefficient (Wildman–Crippen LogP) is 1.53. The third-order valence-corrected chi connectivity index (χ3v) is 5.26. The second kappa shape index (κ2) is 8.53. The molecule has 1 fully saturated rings. The fourth-order valence-corrected chi connectivity index (χ4v) is 4.01. The number of anilines is 1. The summed E-state index contributed by atoms with van der Waals surface area (Å²) in [6.07, 6.45) is 2.99. The molecule has 0 aromatic heterocycles. The lowest BCUT2D eigenvalue weighted by molar-refractivity contribution is -0.122. The van der Waals surface area contributed by atoms with Gasteiger partial charge in [0.05, 0.1) is 24.7 Å². The number of ether oxygens (including phenoxy) is 2. The number of nitrogens with zero attached hydrogens (tertiary/aromatic N) is 1. The molecule has 8 heteroatoms. The van der Waals surface area contributed by atoms with Crippen molar-refractivity contribution in [1.82, 2.24) is 5.32 Å². The summed E-state index contributed by atoms with van der Waals surface area (Å²) in [6, 6.07) is 5.78. The van der Waals surface area contributed by atoms with E-state index in [1.165, 1.54) is 0 Å². The van der Waals surface area contributed by atoms with Gasteiger partial charge in [0.25, 0.3) is 0 Å². The standard InChI is InChI=1S/C17H26N2O5S/c1-4-23-15-9-7-14(8-10-15)19(25(3,21)22)13(2)17(20)18-12-16-6-5-11-24-16/h7-10,13,16H,4-6,11-12H2,1-3H3,(H,18,20)/t13-,16+/m1/s1. The van der Waals surface area contributed by atoms with Gasteiger partial charge in [0.1, 0.15) is 11.8 Å². The highest BCUT2D eigenvalue weighted by molar-refractivity contribution is 7.92. The van der Waals surface area contributed by atoms with Gasteiger partial charge in [0.2, 0.25) is 15.9 Å². The molecule has 0 unspecified atom stereocenters. The summed E-state index contributed by atoms with van der Waals surface area (Å²) in [5, 5.41) is 2.78. The minimum absolute atomic E-state index is 0.00769. The van der Waals surface area contributed by atoms with E-state index in [4.69, 9.17) is 9.47 Å². The molecule has 2 rings (SSSR count). The fourth-order valence-electron chi connectivity index (χ4n) is 2.83. The molecule has 1 N–H and O–H groups in total. The molecule has 0 saturated carbocycles. The van der Waals surface area contributed by atoms with E-state index in [0.717, 1.165) is 23.4 Å². The lowest BCUT2D eigenvalue weighted by Gasteiger charge is -2.28. The van der Waals surface area contributed by atoms with Gasteiger partial charge in [-0.25, -0.2) is 8.42 Å². The van der Waals surface area contributed by atoms with Crippen molar-refractivity contribution < 1.29 is 22.7 Å². The van der Waals surface area contributed by atoms with Crippen molar-refractivity contribution in [3.8, 4) is 5.75 Å². The van der Waals surface area contributed by atoms with Gasteiger partial charge < -0.3 is 14.8 Å². The monoisotopic (exact) mass is 370 g/mol. The van der Waals surface area contributed by atoms with Crippen LogP contribution in [0.5, 0.6) is 5.75 Å². The van der Waals surface area contributed by atoms with Gasteiger partial charge in [0.15, 0.2) is 0 Å². The highest BCUT2D eigenvalue weighted by atomic mass is 32.2. The van der Waals surface area contributed by atoms with Crippen molar-refractivity contribution in [2.24, 2.45) is 0 Å². The number of carbonyl (C=O) groups excluding carboxylic acids is 1. The first-order valence-electron chi connectivity index (χ1n) is 8.44. The van der Waals surface area contributed by atoms with Crippen LogP contribution in [0.3, 0.4) is 0 Å². The molecule has 1 amide bonds. The zero-order valence-corrected chi connectivity index (χ0v) is 15.7. The van der Waals surface area contributed by atoms with Gasteiger partial charge in [-0.15, -0.1) is 0 Å². The van der Waals surface area contributed by atoms with Crippen LogP contribution in [0.1, 0.15) is 26.7 Å². The molecule has 1 heterocycles. The molecule has 7 nitrogen and oxygen atoms in total. The van der Waals surface area contributed by atoms with E-state index in [0.29, 0.717) is 31.2 Å². The van der Waals surface area contributed by atoms with Crippen LogP contribution in [0.25, 0.3) is 0 Å². The van der Waals surface area contributed by atoms with Crippen molar-refractivity contribution >= 4 is 21.6 Å². The van der Waals surface area contributed by atoms with Crippen LogP contribution in [-0.4, -0.2) is 52.5 Å². The first-order valence-corrected chi connectivity index (χ1v) is 10.3. The van der Waals surface area contributed by atoms with Crippen LogP contribution < -0.4 is 14.4 Å². The van der Waals surface area contributed by atoms with Gasteiger partial charge in [-0.1, -0.05) is 0 Å². The highest BCUT2D eigenvalue weighted by Crippen LogP contribution is 2.24.